The highest BCUT2D eigenvalue weighted by Crippen LogP contribution is 2.17. The molecule has 0 bridgehead atoms. The Morgan fingerprint density at radius 2 is 2.04 bits per heavy atom. The molecule has 23 heavy (non-hydrogen) atoms. The minimum Gasteiger partial charge on any atom is -0.369 e. The maximum Gasteiger partial charge on any atom is 0.257 e. The van der Waals surface area contributed by atoms with Gasteiger partial charge in [0.25, 0.3) is 5.91 Å². The summed E-state index contributed by atoms with van der Waals surface area (Å²) in [5.74, 6) is -0.744. The van der Waals surface area contributed by atoms with E-state index < -0.39 is 5.91 Å². The number of nitrogens with zero attached hydrogens (tertiary/aromatic N) is 4. The van der Waals surface area contributed by atoms with Crippen molar-refractivity contribution >= 4 is 28.3 Å². The van der Waals surface area contributed by atoms with Crippen LogP contribution in [0.3, 0.4) is 0 Å². The summed E-state index contributed by atoms with van der Waals surface area (Å²) < 4.78 is 1.60. The van der Waals surface area contributed by atoms with E-state index in [0.717, 1.165) is 5.69 Å². The maximum absolute atomic E-state index is 12.2. The Morgan fingerprint density at radius 1 is 1.26 bits per heavy atom. The number of anilines is 1. The molecular formula is C14H12N6O2S. The molecule has 0 saturated heterocycles. The summed E-state index contributed by atoms with van der Waals surface area (Å²) in [4.78, 5) is 31.0. The normalized spacial score (nSPS) is 10.4. The van der Waals surface area contributed by atoms with Gasteiger partial charge in [0.05, 0.1) is 17.8 Å². The molecule has 0 aliphatic heterocycles. The van der Waals surface area contributed by atoms with Crippen LogP contribution in [0.15, 0.2) is 42.3 Å². The Balaban J connectivity index is 1.68. The minimum absolute atomic E-state index is 0.0545. The lowest BCUT2D eigenvalue weighted by Crippen LogP contribution is -2.14. The van der Waals surface area contributed by atoms with E-state index in [4.69, 9.17) is 5.73 Å². The van der Waals surface area contributed by atoms with E-state index in [2.05, 4.69) is 20.4 Å². The summed E-state index contributed by atoms with van der Waals surface area (Å²) in [7, 11) is 0. The SMILES string of the molecule is NC(=O)Cc1csc(NC(=O)c2ccc(-n3cncn3)cc2)n1. The average Bonchev–Trinajstić information content (AvgIpc) is 3.19. The Morgan fingerprint density at radius 3 is 2.70 bits per heavy atom. The van der Waals surface area contributed by atoms with Gasteiger partial charge in [-0.25, -0.2) is 14.6 Å². The zero-order valence-corrected chi connectivity index (χ0v) is 12.7. The number of nitrogens with one attached hydrogen (secondary N) is 1. The number of carbonyl (C=O) groups is 2. The monoisotopic (exact) mass is 328 g/mol. The smallest absolute Gasteiger partial charge is 0.257 e. The predicted molar refractivity (Wildman–Crippen MR) is 84.3 cm³/mol. The van der Waals surface area contributed by atoms with E-state index in [1.54, 1.807) is 40.7 Å². The molecule has 0 aliphatic carbocycles. The molecule has 9 heteroatoms. The first-order chi connectivity index (χ1) is 11.1. The van der Waals surface area contributed by atoms with E-state index >= 15 is 0 Å². The lowest BCUT2D eigenvalue weighted by molar-refractivity contribution is -0.117. The van der Waals surface area contributed by atoms with Crippen LogP contribution in [-0.2, 0) is 11.2 Å². The molecule has 3 rings (SSSR count). The van der Waals surface area contributed by atoms with Gasteiger partial charge in [-0.3, -0.25) is 14.9 Å². The summed E-state index contributed by atoms with van der Waals surface area (Å²) in [6.45, 7) is 0. The fourth-order valence-corrected chi connectivity index (χ4v) is 2.61. The molecule has 0 atom stereocenters. The second kappa shape index (κ2) is 6.36. The number of carbonyl (C=O) groups excluding carboxylic acids is 2. The van der Waals surface area contributed by atoms with Crippen LogP contribution in [0.5, 0.6) is 0 Å². The van der Waals surface area contributed by atoms with Crippen molar-refractivity contribution in [3.05, 3.63) is 53.6 Å². The van der Waals surface area contributed by atoms with Crippen molar-refractivity contribution in [3.63, 3.8) is 0 Å². The molecule has 8 nitrogen and oxygen atoms in total. The van der Waals surface area contributed by atoms with Crippen LogP contribution < -0.4 is 11.1 Å². The van der Waals surface area contributed by atoms with Crippen LogP contribution in [-0.4, -0.2) is 31.6 Å². The Bertz CT molecular complexity index is 825. The summed E-state index contributed by atoms with van der Waals surface area (Å²) in [6.07, 6.45) is 3.07. The van der Waals surface area contributed by atoms with Gasteiger partial charge in [0.1, 0.15) is 12.7 Å². The fourth-order valence-electron chi connectivity index (χ4n) is 1.90. The van der Waals surface area contributed by atoms with E-state index in [-0.39, 0.29) is 12.3 Å². The van der Waals surface area contributed by atoms with E-state index in [1.807, 2.05) is 0 Å². The van der Waals surface area contributed by atoms with Gasteiger partial charge in [-0.2, -0.15) is 5.10 Å². The van der Waals surface area contributed by atoms with Crippen LogP contribution in [0.1, 0.15) is 16.1 Å². The molecule has 0 unspecified atom stereocenters. The van der Waals surface area contributed by atoms with Crippen molar-refractivity contribution < 1.29 is 9.59 Å². The minimum atomic E-state index is -0.461. The lowest BCUT2D eigenvalue weighted by atomic mass is 10.2. The zero-order chi connectivity index (χ0) is 16.2. The van der Waals surface area contributed by atoms with Gasteiger partial charge in [0.2, 0.25) is 5.91 Å². The highest BCUT2D eigenvalue weighted by Gasteiger charge is 2.10. The van der Waals surface area contributed by atoms with Gasteiger partial charge in [-0.1, -0.05) is 0 Å². The van der Waals surface area contributed by atoms with Gasteiger partial charge >= 0.3 is 0 Å². The number of aromatic nitrogens is 4. The van der Waals surface area contributed by atoms with E-state index in [1.165, 1.54) is 17.7 Å². The summed E-state index contributed by atoms with van der Waals surface area (Å²) >= 11 is 1.24. The molecule has 2 aromatic heterocycles. The van der Waals surface area contributed by atoms with Crippen molar-refractivity contribution in [2.45, 2.75) is 6.42 Å². The van der Waals surface area contributed by atoms with Crippen LogP contribution in [0.4, 0.5) is 5.13 Å². The molecule has 3 N–H and O–H groups in total. The van der Waals surface area contributed by atoms with Crippen molar-refractivity contribution in [2.75, 3.05) is 5.32 Å². The molecule has 0 radical (unpaired) electrons. The average molecular weight is 328 g/mol. The van der Waals surface area contributed by atoms with Crippen LogP contribution >= 0.6 is 11.3 Å². The number of nitrogens with two attached hydrogens (primary N) is 1. The quantitative estimate of drug-likeness (QED) is 0.725. The van der Waals surface area contributed by atoms with Crippen molar-refractivity contribution in [1.82, 2.24) is 19.7 Å². The summed E-state index contributed by atoms with van der Waals surface area (Å²) in [5.41, 5.74) is 6.94. The number of hydrogen-bond donors (Lipinski definition) is 2. The molecule has 0 spiro atoms. The highest BCUT2D eigenvalue weighted by molar-refractivity contribution is 7.14. The Kier molecular flexibility index (Phi) is 4.11. The van der Waals surface area contributed by atoms with Crippen molar-refractivity contribution in [3.8, 4) is 5.69 Å². The van der Waals surface area contributed by atoms with Gasteiger partial charge in [-0.05, 0) is 24.3 Å². The first-order valence-corrected chi connectivity index (χ1v) is 7.49. The Hall–Kier alpha value is -3.07. The van der Waals surface area contributed by atoms with Crippen molar-refractivity contribution in [2.24, 2.45) is 5.73 Å². The third kappa shape index (κ3) is 3.58. The number of primary amides is 1. The second-order valence-electron chi connectivity index (χ2n) is 4.63. The molecule has 0 fully saturated rings. The van der Waals surface area contributed by atoms with Crippen LogP contribution in [0, 0.1) is 0 Å². The lowest BCUT2D eigenvalue weighted by Gasteiger charge is -2.04. The second-order valence-corrected chi connectivity index (χ2v) is 5.49. The molecule has 2 amide bonds. The number of hydrogen-bond acceptors (Lipinski definition) is 6. The summed E-state index contributed by atoms with van der Waals surface area (Å²) in [6, 6.07) is 6.91. The largest absolute Gasteiger partial charge is 0.369 e. The maximum atomic E-state index is 12.2. The molecule has 2 heterocycles. The third-order valence-electron chi connectivity index (χ3n) is 2.94. The van der Waals surface area contributed by atoms with Gasteiger partial charge < -0.3 is 5.73 Å². The molecule has 3 aromatic rings. The van der Waals surface area contributed by atoms with Crippen LogP contribution in [0.2, 0.25) is 0 Å². The van der Waals surface area contributed by atoms with Crippen molar-refractivity contribution in [1.29, 1.82) is 0 Å². The van der Waals surface area contributed by atoms with Crippen LogP contribution in [0.25, 0.3) is 5.69 Å². The third-order valence-corrected chi connectivity index (χ3v) is 3.75. The predicted octanol–water partition coefficient (Wildman–Crippen LogP) is 1.00. The number of amides is 2. The molecule has 0 aliphatic rings. The molecule has 0 saturated carbocycles. The number of thiazole rings is 1. The first-order valence-electron chi connectivity index (χ1n) is 6.61. The zero-order valence-electron chi connectivity index (χ0n) is 11.8. The van der Waals surface area contributed by atoms with Gasteiger partial charge in [-0.15, -0.1) is 11.3 Å². The van der Waals surface area contributed by atoms with Gasteiger partial charge in [0, 0.05) is 10.9 Å². The Labute approximate surface area is 135 Å². The molecular weight excluding hydrogens is 316 g/mol. The molecule has 1 aromatic carbocycles. The number of benzene rings is 1. The van der Waals surface area contributed by atoms with E-state index in [0.29, 0.717) is 16.4 Å². The standard InChI is InChI=1S/C14H12N6O2S/c15-12(21)5-10-6-23-14(18-10)19-13(22)9-1-3-11(4-2-9)20-8-16-7-17-20/h1-4,6-8H,5H2,(H2,15,21)(H,18,19,22). The fraction of sp³-hybridized carbons (Fsp3) is 0.0714. The number of rotatable bonds is 5. The van der Waals surface area contributed by atoms with Gasteiger partial charge in [0.15, 0.2) is 5.13 Å². The topological polar surface area (TPSA) is 116 Å². The molecule has 116 valence electrons. The first kappa shape index (κ1) is 14.9. The van der Waals surface area contributed by atoms with E-state index in [9.17, 15) is 9.59 Å². The highest BCUT2D eigenvalue weighted by atomic mass is 32.1. The summed E-state index contributed by atoms with van der Waals surface area (Å²) in [5, 5.41) is 8.81.